The van der Waals surface area contributed by atoms with Gasteiger partial charge in [0.05, 0.1) is 4.92 Å². The summed E-state index contributed by atoms with van der Waals surface area (Å²) in [6.45, 7) is 2.48. The van der Waals surface area contributed by atoms with Gasteiger partial charge in [-0.1, -0.05) is 11.6 Å². The molecule has 0 bridgehead atoms. The monoisotopic (exact) mass is 245 g/mol. The number of nitrogens with one attached hydrogen (secondary N) is 1. The van der Waals surface area contributed by atoms with Crippen LogP contribution >= 0.6 is 11.6 Å². The molecule has 1 unspecified atom stereocenters. The van der Waals surface area contributed by atoms with Crippen LogP contribution in [0.25, 0.3) is 0 Å². The van der Waals surface area contributed by atoms with Crippen LogP contribution in [0.4, 0.5) is 5.69 Å². The van der Waals surface area contributed by atoms with Gasteiger partial charge in [-0.3, -0.25) is 10.1 Å². The van der Waals surface area contributed by atoms with E-state index in [9.17, 15) is 10.1 Å². The van der Waals surface area contributed by atoms with Crippen molar-refractivity contribution in [2.75, 3.05) is 13.6 Å². The van der Waals surface area contributed by atoms with Crippen LogP contribution in [0.15, 0.2) is 12.3 Å². The van der Waals surface area contributed by atoms with E-state index in [0.717, 1.165) is 6.20 Å². The number of halogens is 1. The second-order valence-corrected chi connectivity index (χ2v) is 3.63. The average Bonchev–Trinajstić information content (AvgIpc) is 2.21. The molecular formula is C9H12ClN3O3. The van der Waals surface area contributed by atoms with Gasteiger partial charge in [0, 0.05) is 12.6 Å². The van der Waals surface area contributed by atoms with Gasteiger partial charge in [0.15, 0.2) is 0 Å². The van der Waals surface area contributed by atoms with Gasteiger partial charge in [-0.05, 0) is 14.0 Å². The molecule has 0 spiro atoms. The van der Waals surface area contributed by atoms with Crippen LogP contribution in [0.2, 0.25) is 5.02 Å². The second kappa shape index (κ2) is 5.62. The Labute approximate surface area is 97.7 Å². The number of likely N-dealkylation sites (N-methyl/N-ethyl adjacent to an activating group) is 1. The lowest BCUT2D eigenvalue weighted by atomic mass is 10.4. The maximum atomic E-state index is 10.4. The lowest BCUT2D eigenvalue weighted by Gasteiger charge is -2.13. The zero-order valence-electron chi connectivity index (χ0n) is 8.94. The summed E-state index contributed by atoms with van der Waals surface area (Å²) in [5.41, 5.74) is -0.154. The highest BCUT2D eigenvalue weighted by Gasteiger charge is 2.13. The smallest absolute Gasteiger partial charge is 0.289 e. The van der Waals surface area contributed by atoms with E-state index in [2.05, 4.69) is 10.3 Å². The molecule has 1 atom stereocenters. The van der Waals surface area contributed by atoms with Crippen molar-refractivity contribution < 1.29 is 9.66 Å². The molecule has 16 heavy (non-hydrogen) atoms. The molecule has 1 aromatic rings. The van der Waals surface area contributed by atoms with Crippen LogP contribution in [-0.4, -0.2) is 29.6 Å². The van der Waals surface area contributed by atoms with E-state index in [1.807, 2.05) is 6.92 Å². The minimum absolute atomic E-state index is 0.114. The van der Waals surface area contributed by atoms with E-state index in [1.54, 1.807) is 7.05 Å². The fraction of sp³-hybridized carbons (Fsp3) is 0.444. The summed E-state index contributed by atoms with van der Waals surface area (Å²) in [4.78, 5) is 13.7. The first-order valence-electron chi connectivity index (χ1n) is 4.65. The number of aromatic nitrogens is 1. The lowest BCUT2D eigenvalue weighted by Crippen LogP contribution is -2.26. The van der Waals surface area contributed by atoms with Crippen LogP contribution in [-0.2, 0) is 0 Å². The first-order valence-corrected chi connectivity index (χ1v) is 5.03. The maximum Gasteiger partial charge on any atom is 0.289 e. The van der Waals surface area contributed by atoms with Crippen molar-refractivity contribution in [3.05, 3.63) is 27.4 Å². The van der Waals surface area contributed by atoms with Gasteiger partial charge in [0.1, 0.15) is 17.3 Å². The Hall–Kier alpha value is -1.40. The highest BCUT2D eigenvalue weighted by Crippen LogP contribution is 2.26. The number of pyridine rings is 1. The minimum atomic E-state index is -0.556. The van der Waals surface area contributed by atoms with Crippen LogP contribution in [0.5, 0.6) is 5.88 Å². The zero-order valence-corrected chi connectivity index (χ0v) is 9.69. The Kier molecular flexibility index (Phi) is 4.45. The van der Waals surface area contributed by atoms with E-state index in [1.165, 1.54) is 6.07 Å². The van der Waals surface area contributed by atoms with Gasteiger partial charge in [-0.2, -0.15) is 0 Å². The molecule has 0 aliphatic rings. The third kappa shape index (κ3) is 3.32. The van der Waals surface area contributed by atoms with Crippen LogP contribution < -0.4 is 10.1 Å². The molecule has 6 nitrogen and oxygen atoms in total. The number of ether oxygens (including phenoxy) is 1. The SMILES string of the molecule is CNCC(C)Oc1ncc([N+](=O)[O-])cc1Cl. The van der Waals surface area contributed by atoms with Gasteiger partial charge in [-0.25, -0.2) is 4.98 Å². The quantitative estimate of drug-likeness (QED) is 0.630. The van der Waals surface area contributed by atoms with Gasteiger partial charge in [0.25, 0.3) is 5.69 Å². The highest BCUT2D eigenvalue weighted by atomic mass is 35.5. The molecule has 1 N–H and O–H groups in total. The maximum absolute atomic E-state index is 10.4. The Morgan fingerprint density at radius 2 is 2.44 bits per heavy atom. The molecule has 1 rings (SSSR count). The van der Waals surface area contributed by atoms with Crippen molar-refractivity contribution in [1.29, 1.82) is 0 Å². The molecule has 1 aromatic heterocycles. The Bertz CT molecular complexity index is 386. The molecule has 88 valence electrons. The fourth-order valence-electron chi connectivity index (χ4n) is 1.12. The predicted octanol–water partition coefficient (Wildman–Crippen LogP) is 1.63. The van der Waals surface area contributed by atoms with Crippen molar-refractivity contribution in [1.82, 2.24) is 10.3 Å². The first-order chi connectivity index (χ1) is 7.54. The second-order valence-electron chi connectivity index (χ2n) is 3.22. The summed E-state index contributed by atoms with van der Waals surface area (Å²) in [7, 11) is 1.80. The van der Waals surface area contributed by atoms with Crippen molar-refractivity contribution in [3.63, 3.8) is 0 Å². The number of hydrogen-bond donors (Lipinski definition) is 1. The van der Waals surface area contributed by atoms with E-state index in [0.29, 0.717) is 6.54 Å². The molecule has 0 saturated carbocycles. The molecule has 0 aliphatic heterocycles. The fourth-order valence-corrected chi connectivity index (χ4v) is 1.33. The minimum Gasteiger partial charge on any atom is -0.472 e. The number of nitro groups is 1. The van der Waals surface area contributed by atoms with Crippen molar-refractivity contribution in [2.45, 2.75) is 13.0 Å². The van der Waals surface area contributed by atoms with Crippen molar-refractivity contribution in [2.24, 2.45) is 0 Å². The molecule has 0 aliphatic carbocycles. The summed E-state index contributed by atoms with van der Waals surface area (Å²) in [5, 5.41) is 13.5. The normalized spacial score (nSPS) is 12.2. The van der Waals surface area contributed by atoms with E-state index in [-0.39, 0.29) is 22.7 Å². The highest BCUT2D eigenvalue weighted by molar-refractivity contribution is 6.32. The van der Waals surface area contributed by atoms with Gasteiger partial charge in [-0.15, -0.1) is 0 Å². The molecule has 0 aromatic carbocycles. The number of nitrogens with zero attached hydrogens (tertiary/aromatic N) is 2. The van der Waals surface area contributed by atoms with Crippen LogP contribution in [0.1, 0.15) is 6.92 Å². The largest absolute Gasteiger partial charge is 0.472 e. The summed E-state index contributed by atoms with van der Waals surface area (Å²) < 4.78 is 5.39. The van der Waals surface area contributed by atoms with Gasteiger partial charge in [0.2, 0.25) is 5.88 Å². The average molecular weight is 246 g/mol. The molecule has 0 fully saturated rings. The van der Waals surface area contributed by atoms with Crippen molar-refractivity contribution in [3.8, 4) is 5.88 Å². The molecule has 0 saturated heterocycles. The van der Waals surface area contributed by atoms with E-state index in [4.69, 9.17) is 16.3 Å². The Balaban J connectivity index is 2.79. The zero-order chi connectivity index (χ0) is 12.1. The van der Waals surface area contributed by atoms with E-state index >= 15 is 0 Å². The summed E-state index contributed by atoms with van der Waals surface area (Å²) >= 11 is 5.81. The molecule has 0 amide bonds. The third-order valence-corrected chi connectivity index (χ3v) is 2.08. The standard InChI is InChI=1S/C9H12ClN3O3/c1-6(4-11-2)16-9-8(10)3-7(5-12-9)13(14)15/h3,5-6,11H,4H2,1-2H3. The van der Waals surface area contributed by atoms with Crippen LogP contribution in [0, 0.1) is 10.1 Å². The summed E-state index contributed by atoms with van der Waals surface area (Å²) in [5.74, 6) is 0.204. The predicted molar refractivity (Wildman–Crippen MR) is 59.9 cm³/mol. The third-order valence-electron chi connectivity index (χ3n) is 1.81. The lowest BCUT2D eigenvalue weighted by molar-refractivity contribution is -0.385. The number of hydrogen-bond acceptors (Lipinski definition) is 5. The van der Waals surface area contributed by atoms with Crippen molar-refractivity contribution >= 4 is 17.3 Å². The van der Waals surface area contributed by atoms with Crippen LogP contribution in [0.3, 0.4) is 0 Å². The van der Waals surface area contributed by atoms with E-state index < -0.39 is 4.92 Å². The van der Waals surface area contributed by atoms with Gasteiger partial charge < -0.3 is 10.1 Å². The Morgan fingerprint density at radius 1 is 1.75 bits per heavy atom. The molecule has 0 radical (unpaired) electrons. The Morgan fingerprint density at radius 3 is 2.94 bits per heavy atom. The first kappa shape index (κ1) is 12.7. The topological polar surface area (TPSA) is 77.3 Å². The number of rotatable bonds is 5. The summed E-state index contributed by atoms with van der Waals surface area (Å²) in [6.07, 6.45) is 1.00. The summed E-state index contributed by atoms with van der Waals surface area (Å²) in [6, 6.07) is 1.22. The molecule has 1 heterocycles. The van der Waals surface area contributed by atoms with Gasteiger partial charge >= 0.3 is 0 Å². The molecular weight excluding hydrogens is 234 g/mol. The molecule has 7 heteroatoms.